The number of allylic oxidation sites excluding steroid dienone is 1. The van der Waals surface area contributed by atoms with Crippen LogP contribution < -0.4 is 0 Å². The van der Waals surface area contributed by atoms with Crippen molar-refractivity contribution in [2.75, 3.05) is 0 Å². The molecular formula is C14H9FO6S2. The van der Waals surface area contributed by atoms with Crippen molar-refractivity contribution in [3.63, 3.8) is 0 Å². The second kappa shape index (κ2) is 6.31. The zero-order valence-corrected chi connectivity index (χ0v) is 12.9. The summed E-state index contributed by atoms with van der Waals surface area (Å²) in [6.45, 7) is 0. The van der Waals surface area contributed by atoms with E-state index in [2.05, 4.69) is 0 Å². The molecule has 1 heterocycles. The maximum absolute atomic E-state index is 12.9. The molecular weight excluding hydrogens is 347 g/mol. The van der Waals surface area contributed by atoms with Gasteiger partial charge in [-0.2, -0.15) is 0 Å². The highest BCUT2D eigenvalue weighted by atomic mass is 32.2. The van der Waals surface area contributed by atoms with Crippen LogP contribution in [0, 0.1) is 5.82 Å². The zero-order valence-electron chi connectivity index (χ0n) is 11.3. The van der Waals surface area contributed by atoms with Crippen molar-refractivity contribution in [2.24, 2.45) is 0 Å². The number of aliphatic carboxylic acids is 1. The number of rotatable bonds is 5. The first kappa shape index (κ1) is 16.8. The highest BCUT2D eigenvalue weighted by Gasteiger charge is 2.25. The van der Waals surface area contributed by atoms with Gasteiger partial charge < -0.3 is 10.2 Å². The maximum atomic E-state index is 12.9. The van der Waals surface area contributed by atoms with Gasteiger partial charge >= 0.3 is 5.97 Å². The molecule has 0 radical (unpaired) electrons. The van der Waals surface area contributed by atoms with Crippen LogP contribution >= 0.6 is 11.3 Å². The minimum Gasteiger partial charge on any atom is -0.502 e. The summed E-state index contributed by atoms with van der Waals surface area (Å²) in [5.41, 5.74) is 0. The summed E-state index contributed by atoms with van der Waals surface area (Å²) in [6, 6.07) is 5.23. The molecule has 0 saturated heterocycles. The SMILES string of the molecule is O=C(O)/C(O)=C/C(=O)c1sccc1S(=O)(=O)c1ccc(F)cc1. The summed E-state index contributed by atoms with van der Waals surface area (Å²) < 4.78 is 37.9. The molecule has 0 aliphatic carbocycles. The Bertz CT molecular complexity index is 894. The summed E-state index contributed by atoms with van der Waals surface area (Å²) >= 11 is 0.785. The molecule has 2 rings (SSSR count). The number of halogens is 1. The fraction of sp³-hybridized carbons (Fsp3) is 0. The van der Waals surface area contributed by atoms with E-state index in [9.17, 15) is 22.4 Å². The smallest absolute Gasteiger partial charge is 0.371 e. The fourth-order valence-electron chi connectivity index (χ4n) is 1.68. The first-order chi connectivity index (χ1) is 10.7. The first-order valence-corrected chi connectivity index (χ1v) is 8.36. The molecule has 0 saturated carbocycles. The van der Waals surface area contributed by atoms with E-state index in [0.29, 0.717) is 6.08 Å². The Hall–Kier alpha value is -2.52. The molecule has 120 valence electrons. The van der Waals surface area contributed by atoms with E-state index in [1.807, 2.05) is 0 Å². The number of benzene rings is 1. The number of carbonyl (C=O) groups is 2. The summed E-state index contributed by atoms with van der Waals surface area (Å²) in [6.07, 6.45) is 0.428. The summed E-state index contributed by atoms with van der Waals surface area (Å²) in [4.78, 5) is 21.7. The average molecular weight is 356 g/mol. The maximum Gasteiger partial charge on any atom is 0.371 e. The highest BCUT2D eigenvalue weighted by molar-refractivity contribution is 7.91. The van der Waals surface area contributed by atoms with Gasteiger partial charge in [-0.05, 0) is 35.7 Å². The Morgan fingerprint density at radius 3 is 2.26 bits per heavy atom. The third kappa shape index (κ3) is 3.46. The van der Waals surface area contributed by atoms with Crippen LogP contribution in [0.1, 0.15) is 9.67 Å². The normalized spacial score (nSPS) is 12.1. The summed E-state index contributed by atoms with van der Waals surface area (Å²) in [5.74, 6) is -4.48. The molecule has 1 aromatic heterocycles. The molecule has 0 unspecified atom stereocenters. The van der Waals surface area contributed by atoms with E-state index in [4.69, 9.17) is 10.2 Å². The first-order valence-electron chi connectivity index (χ1n) is 6.00. The lowest BCUT2D eigenvalue weighted by Gasteiger charge is -2.04. The van der Waals surface area contributed by atoms with Gasteiger partial charge in [0.2, 0.25) is 21.4 Å². The van der Waals surface area contributed by atoms with E-state index < -0.39 is 33.2 Å². The molecule has 0 aliphatic heterocycles. The van der Waals surface area contributed by atoms with Crippen LogP contribution in [0.3, 0.4) is 0 Å². The lowest BCUT2D eigenvalue weighted by atomic mass is 10.3. The van der Waals surface area contributed by atoms with Crippen LogP contribution in [-0.2, 0) is 14.6 Å². The molecule has 0 spiro atoms. The Kier molecular flexibility index (Phi) is 4.62. The van der Waals surface area contributed by atoms with Gasteiger partial charge in [0.25, 0.3) is 0 Å². The van der Waals surface area contributed by atoms with E-state index in [1.165, 1.54) is 11.4 Å². The minimum absolute atomic E-state index is 0.210. The minimum atomic E-state index is -4.08. The summed E-state index contributed by atoms with van der Waals surface area (Å²) in [5, 5.41) is 19.0. The second-order valence-electron chi connectivity index (χ2n) is 4.27. The van der Waals surface area contributed by atoms with Gasteiger partial charge in [-0.15, -0.1) is 11.3 Å². The lowest BCUT2D eigenvalue weighted by molar-refractivity contribution is -0.135. The van der Waals surface area contributed by atoms with Crippen molar-refractivity contribution < 1.29 is 32.6 Å². The molecule has 2 N–H and O–H groups in total. The van der Waals surface area contributed by atoms with Crippen molar-refractivity contribution in [1.82, 2.24) is 0 Å². The molecule has 0 atom stereocenters. The van der Waals surface area contributed by atoms with Crippen LogP contribution in [0.25, 0.3) is 0 Å². The molecule has 23 heavy (non-hydrogen) atoms. The number of carbonyl (C=O) groups excluding carboxylic acids is 1. The zero-order chi connectivity index (χ0) is 17.2. The Labute approximate surface area is 134 Å². The molecule has 6 nitrogen and oxygen atoms in total. The van der Waals surface area contributed by atoms with Gasteiger partial charge in [0.1, 0.15) is 5.82 Å². The van der Waals surface area contributed by atoms with E-state index >= 15 is 0 Å². The van der Waals surface area contributed by atoms with Crippen molar-refractivity contribution >= 4 is 32.9 Å². The van der Waals surface area contributed by atoms with Crippen molar-refractivity contribution in [3.8, 4) is 0 Å². The van der Waals surface area contributed by atoms with Crippen LogP contribution in [-0.4, -0.2) is 30.4 Å². The van der Waals surface area contributed by atoms with Crippen LogP contribution in [0.5, 0.6) is 0 Å². The average Bonchev–Trinajstić information content (AvgIpc) is 2.97. The van der Waals surface area contributed by atoms with E-state index in [1.54, 1.807) is 0 Å². The van der Waals surface area contributed by atoms with Gasteiger partial charge in [-0.3, -0.25) is 4.79 Å². The predicted molar refractivity (Wildman–Crippen MR) is 78.8 cm³/mol. The molecule has 0 bridgehead atoms. The number of ketones is 1. The van der Waals surface area contributed by atoms with Crippen LogP contribution in [0.2, 0.25) is 0 Å². The monoisotopic (exact) mass is 356 g/mol. The number of hydrogen-bond acceptors (Lipinski definition) is 6. The number of carboxylic acids is 1. The summed E-state index contributed by atoms with van der Waals surface area (Å²) in [7, 11) is -4.08. The molecule has 0 amide bonds. The lowest BCUT2D eigenvalue weighted by Crippen LogP contribution is -2.08. The number of aliphatic hydroxyl groups is 1. The largest absolute Gasteiger partial charge is 0.502 e. The van der Waals surface area contributed by atoms with Crippen molar-refractivity contribution in [1.29, 1.82) is 0 Å². The van der Waals surface area contributed by atoms with Gasteiger partial charge in [-0.25, -0.2) is 17.6 Å². The number of sulfone groups is 1. The Morgan fingerprint density at radius 1 is 1.09 bits per heavy atom. The predicted octanol–water partition coefficient (Wildman–Crippen LogP) is 2.43. The molecule has 0 fully saturated rings. The van der Waals surface area contributed by atoms with Gasteiger partial charge in [-0.1, -0.05) is 0 Å². The number of thiophene rings is 1. The van der Waals surface area contributed by atoms with Crippen LogP contribution in [0.4, 0.5) is 4.39 Å². The number of carboxylic acid groups (broad SMARTS) is 1. The molecule has 9 heteroatoms. The third-order valence-corrected chi connectivity index (χ3v) is 5.62. The highest BCUT2D eigenvalue weighted by Crippen LogP contribution is 2.29. The number of hydrogen-bond donors (Lipinski definition) is 2. The third-order valence-electron chi connectivity index (χ3n) is 2.75. The quantitative estimate of drug-likeness (QED) is 0.369. The molecule has 0 aliphatic rings. The molecule has 1 aromatic carbocycles. The van der Waals surface area contributed by atoms with Crippen molar-refractivity contribution in [3.05, 3.63) is 58.2 Å². The van der Waals surface area contributed by atoms with Crippen LogP contribution in [0.15, 0.2) is 57.3 Å². The van der Waals surface area contributed by atoms with Crippen molar-refractivity contribution in [2.45, 2.75) is 9.79 Å². The van der Waals surface area contributed by atoms with Gasteiger partial charge in [0.15, 0.2) is 0 Å². The topological polar surface area (TPSA) is 109 Å². The number of aliphatic hydroxyl groups excluding tert-OH is 1. The Morgan fingerprint density at radius 2 is 1.70 bits per heavy atom. The second-order valence-corrected chi connectivity index (χ2v) is 7.10. The van der Waals surface area contributed by atoms with Gasteiger partial charge in [0.05, 0.1) is 14.7 Å². The fourth-order valence-corrected chi connectivity index (χ4v) is 4.28. The Balaban J connectivity index is 2.49. The van der Waals surface area contributed by atoms with E-state index in [-0.39, 0.29) is 14.7 Å². The standard InChI is InChI=1S/C14H9FO6S2/c15-8-1-3-9(4-2-8)23(20,21)12-5-6-22-13(12)10(16)7-11(17)14(18)19/h1-7,17H,(H,18,19)/b11-7-. The van der Waals surface area contributed by atoms with E-state index in [0.717, 1.165) is 35.6 Å². The van der Waals surface area contributed by atoms with Gasteiger partial charge in [0, 0.05) is 6.08 Å². The molecule has 2 aromatic rings.